The molecule has 65 valence electrons. The van der Waals surface area contributed by atoms with E-state index in [1.807, 2.05) is 60.7 Å². The quantitative estimate of drug-likeness (QED) is 0.591. The molecule has 2 aromatic carbocycles. The summed E-state index contributed by atoms with van der Waals surface area (Å²) in [5.74, 6) is 0. The van der Waals surface area contributed by atoms with Crippen LogP contribution in [0.25, 0.3) is 0 Å². The van der Waals surface area contributed by atoms with E-state index in [1.54, 1.807) is 0 Å². The molecule has 1 heteroatoms. The third-order valence-corrected chi connectivity index (χ3v) is 1.59. The summed E-state index contributed by atoms with van der Waals surface area (Å²) < 4.78 is 0. The van der Waals surface area contributed by atoms with Crippen molar-refractivity contribution in [3.63, 3.8) is 0 Å². The summed E-state index contributed by atoms with van der Waals surface area (Å²) in [6, 6.07) is 21.9. The second-order valence-corrected chi connectivity index (χ2v) is 2.81. The van der Waals surface area contributed by atoms with Crippen LogP contribution >= 0.6 is 11.6 Å². The summed E-state index contributed by atoms with van der Waals surface area (Å²) in [6.45, 7) is 0. The topological polar surface area (TPSA) is 0 Å². The molecule has 0 saturated carbocycles. The van der Waals surface area contributed by atoms with Crippen LogP contribution < -0.4 is 0 Å². The average Bonchev–Trinajstić information content (AvgIpc) is 2.22. The molecule has 2 rings (SSSR count). The van der Waals surface area contributed by atoms with Gasteiger partial charge in [-0.1, -0.05) is 60.1 Å². The van der Waals surface area contributed by atoms with Gasteiger partial charge in [-0.05, 0) is 18.2 Å². The first-order chi connectivity index (χ1) is 6.39. The van der Waals surface area contributed by atoms with Gasteiger partial charge in [-0.25, -0.2) is 0 Å². The lowest BCUT2D eigenvalue weighted by atomic mass is 10.4. The Morgan fingerprint density at radius 3 is 1.54 bits per heavy atom. The normalized spacial score (nSPS) is 8.38. The van der Waals surface area contributed by atoms with Gasteiger partial charge in [0.1, 0.15) is 0 Å². The molecule has 0 aromatic heterocycles. The van der Waals surface area contributed by atoms with E-state index in [1.165, 1.54) is 0 Å². The summed E-state index contributed by atoms with van der Waals surface area (Å²) in [6.07, 6.45) is 0. The van der Waals surface area contributed by atoms with Crippen molar-refractivity contribution in [2.75, 3.05) is 0 Å². The fraction of sp³-hybridized carbons (Fsp3) is 0. The zero-order chi connectivity index (χ0) is 9.36. The maximum atomic E-state index is 5.54. The number of rotatable bonds is 0. The maximum Gasteiger partial charge on any atom is 0.0405 e. The minimum absolute atomic E-state index is 0.794. The van der Waals surface area contributed by atoms with Crippen molar-refractivity contribution < 1.29 is 0 Å². The van der Waals surface area contributed by atoms with Crippen LogP contribution in [-0.2, 0) is 0 Å². The number of hydrogen-bond donors (Lipinski definition) is 0. The maximum absolute atomic E-state index is 5.54. The van der Waals surface area contributed by atoms with Crippen molar-refractivity contribution in [1.29, 1.82) is 0 Å². The summed E-state index contributed by atoms with van der Waals surface area (Å²) in [5.41, 5.74) is 0. The third-order valence-electron chi connectivity index (χ3n) is 1.34. The van der Waals surface area contributed by atoms with Gasteiger partial charge in [-0.15, -0.1) is 0 Å². The van der Waals surface area contributed by atoms with Crippen LogP contribution in [0.15, 0.2) is 60.7 Å². The first-order valence-corrected chi connectivity index (χ1v) is 4.39. The molecule has 0 unspecified atom stereocenters. The van der Waals surface area contributed by atoms with Crippen LogP contribution in [0.5, 0.6) is 0 Å². The van der Waals surface area contributed by atoms with Crippen LogP contribution in [0.3, 0.4) is 0 Å². The lowest BCUT2D eigenvalue weighted by Gasteiger charge is -1.80. The van der Waals surface area contributed by atoms with Crippen LogP contribution in [0, 0.1) is 6.07 Å². The Morgan fingerprint density at radius 2 is 1.31 bits per heavy atom. The molecule has 0 nitrogen and oxygen atoms in total. The molecule has 0 aliphatic carbocycles. The first kappa shape index (κ1) is 9.82. The number of benzene rings is 2. The van der Waals surface area contributed by atoms with Gasteiger partial charge >= 0.3 is 0 Å². The van der Waals surface area contributed by atoms with E-state index in [2.05, 4.69) is 6.07 Å². The Morgan fingerprint density at radius 1 is 0.769 bits per heavy atom. The highest BCUT2D eigenvalue weighted by Crippen LogP contribution is 2.03. The Kier molecular flexibility index (Phi) is 4.73. The third kappa shape index (κ3) is 5.05. The second kappa shape index (κ2) is 6.27. The molecule has 13 heavy (non-hydrogen) atoms. The molecule has 0 spiro atoms. The molecular weight excluding hydrogens is 180 g/mol. The fourth-order valence-corrected chi connectivity index (χ4v) is 0.902. The van der Waals surface area contributed by atoms with E-state index in [4.69, 9.17) is 11.6 Å². The van der Waals surface area contributed by atoms with Crippen molar-refractivity contribution in [2.24, 2.45) is 0 Å². The first-order valence-electron chi connectivity index (χ1n) is 4.01. The number of hydrogen-bond acceptors (Lipinski definition) is 0. The molecule has 0 heterocycles. The average molecular weight is 190 g/mol. The van der Waals surface area contributed by atoms with Gasteiger partial charge in [0.2, 0.25) is 0 Å². The van der Waals surface area contributed by atoms with E-state index >= 15 is 0 Å². The van der Waals surface area contributed by atoms with Gasteiger partial charge in [0.05, 0.1) is 0 Å². The van der Waals surface area contributed by atoms with Crippen LogP contribution in [0.1, 0.15) is 0 Å². The van der Waals surface area contributed by atoms with Crippen LogP contribution in [0.2, 0.25) is 5.02 Å². The molecule has 0 N–H and O–H groups in total. The molecule has 0 fully saturated rings. The molecule has 1 radical (unpaired) electrons. The standard InChI is InChI=1S/C6H5Cl.C6H5/c7-6-4-2-1-3-5-6;1-2-4-6-5-3-1/h1-5H;1-5H. The van der Waals surface area contributed by atoms with Crippen molar-refractivity contribution in [1.82, 2.24) is 0 Å². The second-order valence-electron chi connectivity index (χ2n) is 2.37. The molecule has 0 atom stereocenters. The van der Waals surface area contributed by atoms with Gasteiger partial charge in [-0.2, -0.15) is 0 Å². The van der Waals surface area contributed by atoms with Crippen LogP contribution in [-0.4, -0.2) is 0 Å². The predicted octanol–water partition coefficient (Wildman–Crippen LogP) is 3.83. The largest absolute Gasteiger partial charge is 0.0843 e. The smallest absolute Gasteiger partial charge is 0.0405 e. The predicted molar refractivity (Wildman–Crippen MR) is 56.7 cm³/mol. The summed E-state index contributed by atoms with van der Waals surface area (Å²) in [7, 11) is 0. The summed E-state index contributed by atoms with van der Waals surface area (Å²) in [4.78, 5) is 0. The number of halogens is 1. The fourth-order valence-electron chi connectivity index (χ4n) is 0.757. The zero-order valence-corrected chi connectivity index (χ0v) is 7.91. The van der Waals surface area contributed by atoms with E-state index in [0.717, 1.165) is 5.02 Å². The van der Waals surface area contributed by atoms with Gasteiger partial charge in [-0.3, -0.25) is 0 Å². The zero-order valence-electron chi connectivity index (χ0n) is 7.15. The molecule has 0 amide bonds. The van der Waals surface area contributed by atoms with E-state index in [-0.39, 0.29) is 0 Å². The van der Waals surface area contributed by atoms with E-state index in [0.29, 0.717) is 0 Å². The monoisotopic (exact) mass is 189 g/mol. The minimum atomic E-state index is 0.794. The molecule has 0 saturated heterocycles. The van der Waals surface area contributed by atoms with Gasteiger partial charge < -0.3 is 0 Å². The highest BCUT2D eigenvalue weighted by Gasteiger charge is 1.74. The molecule has 0 aliphatic heterocycles. The summed E-state index contributed by atoms with van der Waals surface area (Å²) in [5, 5.41) is 0.794. The van der Waals surface area contributed by atoms with E-state index < -0.39 is 0 Å². The Hall–Kier alpha value is -1.27. The van der Waals surface area contributed by atoms with Gasteiger partial charge in [0, 0.05) is 5.02 Å². The SMILES string of the molecule is Clc1ccccc1.[c]1ccccc1. The molecule has 0 aliphatic rings. The van der Waals surface area contributed by atoms with Crippen LogP contribution in [0.4, 0.5) is 0 Å². The van der Waals surface area contributed by atoms with Gasteiger partial charge in [0.25, 0.3) is 0 Å². The van der Waals surface area contributed by atoms with Crippen molar-refractivity contribution in [2.45, 2.75) is 0 Å². The highest BCUT2D eigenvalue weighted by atomic mass is 35.5. The van der Waals surface area contributed by atoms with E-state index in [9.17, 15) is 0 Å². The highest BCUT2D eigenvalue weighted by molar-refractivity contribution is 6.30. The van der Waals surface area contributed by atoms with Gasteiger partial charge in [0.15, 0.2) is 0 Å². The molecule has 2 aromatic rings. The van der Waals surface area contributed by atoms with Crippen molar-refractivity contribution in [3.8, 4) is 0 Å². The molecule has 0 bridgehead atoms. The van der Waals surface area contributed by atoms with Crippen molar-refractivity contribution in [3.05, 3.63) is 71.8 Å². The Balaban J connectivity index is 0.000000132. The Bertz CT molecular complexity index is 276. The summed E-state index contributed by atoms with van der Waals surface area (Å²) >= 11 is 5.54. The lowest BCUT2D eigenvalue weighted by molar-refractivity contribution is 1.70. The lowest BCUT2D eigenvalue weighted by Crippen LogP contribution is -1.55. The molecular formula is C12H10Cl. The Labute approximate surface area is 83.8 Å². The van der Waals surface area contributed by atoms with Crippen molar-refractivity contribution >= 4 is 11.6 Å². The minimum Gasteiger partial charge on any atom is -0.0843 e.